The maximum absolute atomic E-state index is 14.7. The number of rotatable bonds is 3. The summed E-state index contributed by atoms with van der Waals surface area (Å²) in [7, 11) is 0. The molecule has 0 aliphatic carbocycles. The molecule has 5 aromatic rings. The van der Waals surface area contributed by atoms with Gasteiger partial charge in [0.15, 0.2) is 11.6 Å². The zero-order chi connectivity index (χ0) is 20.5. The summed E-state index contributed by atoms with van der Waals surface area (Å²) in [6, 6.07) is 30.0. The third-order valence-electron chi connectivity index (χ3n) is 5.26. The Morgan fingerprint density at radius 2 is 1.20 bits per heavy atom. The van der Waals surface area contributed by atoms with Gasteiger partial charge in [-0.3, -0.25) is 4.98 Å². The quantitative estimate of drug-likeness (QED) is 0.309. The Kier molecular flexibility index (Phi) is 4.56. The largest absolute Gasteiger partial charge is 0.256 e. The standard InChI is InChI=1S/C27H17F2N/c28-25-16-22(23-14-21-8-4-5-9-26(21)30-17-23)15-24(27(25)29)20-12-10-19(11-13-20)18-6-2-1-3-7-18/h1-17H. The number of hydrogen-bond acceptors (Lipinski definition) is 1. The summed E-state index contributed by atoms with van der Waals surface area (Å²) in [6.07, 6.45) is 1.69. The van der Waals surface area contributed by atoms with Gasteiger partial charge in [0.25, 0.3) is 0 Å². The van der Waals surface area contributed by atoms with Crippen LogP contribution in [-0.2, 0) is 0 Å². The van der Waals surface area contributed by atoms with Crippen LogP contribution in [0.5, 0.6) is 0 Å². The van der Waals surface area contributed by atoms with Gasteiger partial charge in [-0.15, -0.1) is 0 Å². The second-order valence-corrected chi connectivity index (χ2v) is 7.18. The molecule has 3 heteroatoms. The lowest BCUT2D eigenvalue weighted by Crippen LogP contribution is -1.93. The van der Waals surface area contributed by atoms with Gasteiger partial charge in [0.1, 0.15) is 0 Å². The number of pyridine rings is 1. The van der Waals surface area contributed by atoms with Crippen LogP contribution in [0.15, 0.2) is 103 Å². The van der Waals surface area contributed by atoms with Gasteiger partial charge in [0.05, 0.1) is 5.52 Å². The summed E-state index contributed by atoms with van der Waals surface area (Å²) >= 11 is 0. The highest BCUT2D eigenvalue weighted by Crippen LogP contribution is 2.32. The maximum Gasteiger partial charge on any atom is 0.166 e. The molecule has 30 heavy (non-hydrogen) atoms. The number of hydrogen-bond donors (Lipinski definition) is 0. The average molecular weight is 393 g/mol. The lowest BCUT2D eigenvalue weighted by Gasteiger charge is -2.10. The van der Waals surface area contributed by atoms with Crippen LogP contribution in [0.3, 0.4) is 0 Å². The Hall–Kier alpha value is -3.85. The summed E-state index contributed by atoms with van der Waals surface area (Å²) in [5.41, 5.74) is 5.16. The van der Waals surface area contributed by atoms with E-state index in [2.05, 4.69) is 4.98 Å². The molecule has 1 heterocycles. The van der Waals surface area contributed by atoms with Gasteiger partial charge >= 0.3 is 0 Å². The van der Waals surface area contributed by atoms with Crippen LogP contribution in [-0.4, -0.2) is 4.98 Å². The van der Waals surface area contributed by atoms with Gasteiger partial charge in [-0.25, -0.2) is 8.78 Å². The van der Waals surface area contributed by atoms with Crippen molar-refractivity contribution in [3.8, 4) is 33.4 Å². The highest BCUT2D eigenvalue weighted by Gasteiger charge is 2.14. The molecule has 0 aliphatic rings. The molecule has 0 aliphatic heterocycles. The number of halogens is 2. The molecular formula is C27H17F2N. The molecule has 0 saturated heterocycles. The summed E-state index contributed by atoms with van der Waals surface area (Å²) < 4.78 is 29.1. The van der Waals surface area contributed by atoms with Crippen molar-refractivity contribution in [2.75, 3.05) is 0 Å². The Bertz CT molecular complexity index is 1340. The van der Waals surface area contributed by atoms with Gasteiger partial charge < -0.3 is 0 Å². The van der Waals surface area contributed by atoms with Crippen LogP contribution >= 0.6 is 0 Å². The predicted molar refractivity (Wildman–Crippen MR) is 118 cm³/mol. The van der Waals surface area contributed by atoms with E-state index in [-0.39, 0.29) is 5.56 Å². The number of aromatic nitrogens is 1. The van der Waals surface area contributed by atoms with Crippen LogP contribution < -0.4 is 0 Å². The molecule has 0 amide bonds. The summed E-state index contributed by atoms with van der Waals surface area (Å²) in [5.74, 6) is -1.72. The van der Waals surface area contributed by atoms with Crippen molar-refractivity contribution >= 4 is 10.9 Å². The first-order valence-electron chi connectivity index (χ1n) is 9.69. The SMILES string of the molecule is Fc1cc(-c2cnc3ccccc3c2)cc(-c2ccc(-c3ccccc3)cc2)c1F. The molecule has 5 rings (SSSR count). The normalized spacial score (nSPS) is 11.0. The molecule has 1 nitrogen and oxygen atoms in total. The van der Waals surface area contributed by atoms with Gasteiger partial charge in [-0.1, -0.05) is 72.8 Å². The third-order valence-corrected chi connectivity index (χ3v) is 5.26. The van der Waals surface area contributed by atoms with Crippen LogP contribution in [0.1, 0.15) is 0 Å². The molecule has 4 aromatic carbocycles. The summed E-state index contributed by atoms with van der Waals surface area (Å²) in [5, 5.41) is 0.952. The highest BCUT2D eigenvalue weighted by molar-refractivity contribution is 5.84. The van der Waals surface area contributed by atoms with E-state index in [1.165, 1.54) is 6.07 Å². The number of para-hydroxylation sites is 1. The fourth-order valence-corrected chi connectivity index (χ4v) is 3.67. The number of fused-ring (bicyclic) bond motifs is 1. The lowest BCUT2D eigenvalue weighted by molar-refractivity contribution is 0.511. The third kappa shape index (κ3) is 3.35. The van der Waals surface area contributed by atoms with E-state index in [9.17, 15) is 8.78 Å². The van der Waals surface area contributed by atoms with Crippen molar-refractivity contribution < 1.29 is 8.78 Å². The van der Waals surface area contributed by atoms with E-state index in [1.54, 1.807) is 12.3 Å². The lowest BCUT2D eigenvalue weighted by atomic mass is 9.96. The van der Waals surface area contributed by atoms with Gasteiger partial charge in [-0.05, 0) is 46.5 Å². The van der Waals surface area contributed by atoms with E-state index >= 15 is 0 Å². The molecule has 0 bridgehead atoms. The molecule has 0 N–H and O–H groups in total. The van der Waals surface area contributed by atoms with E-state index in [1.807, 2.05) is 84.9 Å². The Labute approximate surface area is 173 Å². The van der Waals surface area contributed by atoms with E-state index in [0.29, 0.717) is 11.1 Å². The van der Waals surface area contributed by atoms with Crippen molar-refractivity contribution in [3.05, 3.63) is 115 Å². The molecule has 144 valence electrons. The van der Waals surface area contributed by atoms with E-state index < -0.39 is 11.6 Å². The van der Waals surface area contributed by atoms with E-state index in [0.717, 1.165) is 27.6 Å². The fraction of sp³-hybridized carbons (Fsp3) is 0. The minimum absolute atomic E-state index is 0.234. The summed E-state index contributed by atoms with van der Waals surface area (Å²) in [6.45, 7) is 0. The first-order chi connectivity index (χ1) is 14.7. The van der Waals surface area contributed by atoms with Crippen LogP contribution in [0.4, 0.5) is 8.78 Å². The fourth-order valence-electron chi connectivity index (χ4n) is 3.67. The molecule has 0 fully saturated rings. The maximum atomic E-state index is 14.7. The molecule has 0 spiro atoms. The monoisotopic (exact) mass is 393 g/mol. The molecule has 0 saturated carbocycles. The van der Waals surface area contributed by atoms with Crippen molar-refractivity contribution in [1.29, 1.82) is 0 Å². The second kappa shape index (κ2) is 7.53. The minimum atomic E-state index is -0.872. The van der Waals surface area contributed by atoms with Crippen molar-refractivity contribution in [2.45, 2.75) is 0 Å². The number of nitrogens with zero attached hydrogens (tertiary/aromatic N) is 1. The summed E-state index contributed by atoms with van der Waals surface area (Å²) in [4.78, 5) is 4.44. The van der Waals surface area contributed by atoms with Gasteiger partial charge in [0.2, 0.25) is 0 Å². The second-order valence-electron chi connectivity index (χ2n) is 7.18. The molecule has 0 unspecified atom stereocenters. The van der Waals surface area contributed by atoms with Gasteiger partial charge in [-0.2, -0.15) is 0 Å². The highest BCUT2D eigenvalue weighted by atomic mass is 19.2. The van der Waals surface area contributed by atoms with E-state index in [4.69, 9.17) is 0 Å². The first kappa shape index (κ1) is 18.2. The molecule has 0 atom stereocenters. The Morgan fingerprint density at radius 1 is 0.533 bits per heavy atom. The Balaban J connectivity index is 1.58. The predicted octanol–water partition coefficient (Wildman–Crippen LogP) is 7.51. The van der Waals surface area contributed by atoms with Crippen LogP contribution in [0, 0.1) is 11.6 Å². The number of benzene rings is 4. The average Bonchev–Trinajstić information content (AvgIpc) is 2.81. The zero-order valence-corrected chi connectivity index (χ0v) is 16.0. The van der Waals surface area contributed by atoms with Crippen LogP contribution in [0.25, 0.3) is 44.3 Å². The smallest absolute Gasteiger partial charge is 0.166 e. The minimum Gasteiger partial charge on any atom is -0.256 e. The van der Waals surface area contributed by atoms with Crippen LogP contribution in [0.2, 0.25) is 0 Å². The molecule has 1 aromatic heterocycles. The van der Waals surface area contributed by atoms with Crippen molar-refractivity contribution in [2.24, 2.45) is 0 Å². The van der Waals surface area contributed by atoms with Crippen molar-refractivity contribution in [1.82, 2.24) is 4.98 Å². The van der Waals surface area contributed by atoms with Gasteiger partial charge in [0, 0.05) is 22.7 Å². The van der Waals surface area contributed by atoms with Crippen molar-refractivity contribution in [3.63, 3.8) is 0 Å². The molecule has 0 radical (unpaired) electrons. The Morgan fingerprint density at radius 3 is 2.00 bits per heavy atom. The topological polar surface area (TPSA) is 12.9 Å². The first-order valence-corrected chi connectivity index (χ1v) is 9.69. The zero-order valence-electron chi connectivity index (χ0n) is 16.0. The molecular weight excluding hydrogens is 376 g/mol.